The predicted molar refractivity (Wildman–Crippen MR) is 77.0 cm³/mol. The highest BCUT2D eigenvalue weighted by Crippen LogP contribution is 2.35. The molecule has 0 spiro atoms. The molecule has 11 heteroatoms. The van der Waals surface area contributed by atoms with Crippen LogP contribution in [-0.4, -0.2) is 43.1 Å². The molecule has 1 saturated heterocycles. The fraction of sp³-hybridized carbons (Fsp3) is 0.615. The molecule has 0 amide bonds. The van der Waals surface area contributed by atoms with E-state index in [1.807, 2.05) is 0 Å². The monoisotopic (exact) mass is 347 g/mol. The third-order valence-electron chi connectivity index (χ3n) is 3.97. The van der Waals surface area contributed by atoms with E-state index in [9.17, 15) is 23.1 Å². The van der Waals surface area contributed by atoms with Gasteiger partial charge in [-0.05, 0) is 6.42 Å². The Hall–Kier alpha value is -2.14. The van der Waals surface area contributed by atoms with Crippen LogP contribution in [0.2, 0.25) is 0 Å². The van der Waals surface area contributed by atoms with E-state index >= 15 is 0 Å². The lowest BCUT2D eigenvalue weighted by molar-refractivity contribution is -0.140. The molecule has 0 saturated carbocycles. The summed E-state index contributed by atoms with van der Waals surface area (Å²) >= 11 is 0. The lowest BCUT2D eigenvalue weighted by atomic mass is 10.1. The topological polar surface area (TPSA) is 108 Å². The Labute approximate surface area is 133 Å². The van der Waals surface area contributed by atoms with Gasteiger partial charge in [0, 0.05) is 5.92 Å². The minimum absolute atomic E-state index is 0.0211. The fourth-order valence-corrected chi connectivity index (χ4v) is 2.98. The molecule has 3 heterocycles. The highest BCUT2D eigenvalue weighted by Gasteiger charge is 2.38. The summed E-state index contributed by atoms with van der Waals surface area (Å²) in [4.78, 5) is 20.2. The number of alkyl halides is 3. The number of aliphatic hydroxyl groups excluding tert-OH is 1. The SMILES string of the molecule is C[C@@H]1C[C@@H](CO)O[C@H]1n1c(=O)n(CC(F)(F)F)c2cnc(N)nc21. The molecule has 1 fully saturated rings. The first-order valence-electron chi connectivity index (χ1n) is 7.27. The van der Waals surface area contributed by atoms with E-state index in [1.54, 1.807) is 6.92 Å². The number of hydrogen-bond acceptors (Lipinski definition) is 6. The number of fused-ring (bicyclic) bond motifs is 1. The Morgan fingerprint density at radius 1 is 1.50 bits per heavy atom. The van der Waals surface area contributed by atoms with Gasteiger partial charge in [0.2, 0.25) is 5.95 Å². The van der Waals surface area contributed by atoms with Crippen molar-refractivity contribution in [2.45, 2.75) is 38.4 Å². The lowest BCUT2D eigenvalue weighted by Crippen LogP contribution is -2.33. The van der Waals surface area contributed by atoms with Crippen molar-refractivity contribution in [2.75, 3.05) is 12.3 Å². The van der Waals surface area contributed by atoms with Gasteiger partial charge in [-0.25, -0.2) is 14.3 Å². The second kappa shape index (κ2) is 5.74. The molecule has 3 rings (SSSR count). The number of nitrogen functional groups attached to an aromatic ring is 1. The fourth-order valence-electron chi connectivity index (χ4n) is 2.98. The van der Waals surface area contributed by atoms with Gasteiger partial charge in [0.25, 0.3) is 0 Å². The Morgan fingerprint density at radius 2 is 2.21 bits per heavy atom. The van der Waals surface area contributed by atoms with Crippen molar-refractivity contribution in [3.63, 3.8) is 0 Å². The molecule has 132 valence electrons. The van der Waals surface area contributed by atoms with Crippen molar-refractivity contribution in [1.29, 1.82) is 0 Å². The van der Waals surface area contributed by atoms with Gasteiger partial charge in [0.15, 0.2) is 5.65 Å². The van der Waals surface area contributed by atoms with Gasteiger partial charge in [0.1, 0.15) is 18.3 Å². The summed E-state index contributed by atoms with van der Waals surface area (Å²) in [6, 6.07) is 0. The number of imidazole rings is 1. The molecule has 2 aromatic heterocycles. The van der Waals surface area contributed by atoms with Crippen molar-refractivity contribution in [2.24, 2.45) is 5.92 Å². The van der Waals surface area contributed by atoms with Gasteiger partial charge in [0.05, 0.1) is 18.9 Å². The molecule has 0 bridgehead atoms. The number of nitrogens with two attached hydrogens (primary N) is 1. The van der Waals surface area contributed by atoms with Crippen molar-refractivity contribution < 1.29 is 23.0 Å². The number of aliphatic hydroxyl groups is 1. The maximum atomic E-state index is 12.8. The average molecular weight is 347 g/mol. The van der Waals surface area contributed by atoms with Crippen molar-refractivity contribution in [1.82, 2.24) is 19.1 Å². The Bertz CT molecular complexity index is 816. The van der Waals surface area contributed by atoms with Gasteiger partial charge < -0.3 is 15.6 Å². The molecule has 2 aromatic rings. The van der Waals surface area contributed by atoms with E-state index in [2.05, 4.69) is 9.97 Å². The number of aromatic nitrogens is 4. The summed E-state index contributed by atoms with van der Waals surface area (Å²) in [5.74, 6) is -0.356. The van der Waals surface area contributed by atoms with E-state index in [4.69, 9.17) is 10.5 Å². The number of anilines is 1. The Morgan fingerprint density at radius 3 is 2.79 bits per heavy atom. The molecule has 3 N–H and O–H groups in total. The van der Waals surface area contributed by atoms with Gasteiger partial charge >= 0.3 is 11.9 Å². The standard InChI is InChI=1S/C13H16F3N5O3/c1-6-2-7(4-22)24-10(6)21-9-8(3-18-11(17)19-9)20(12(21)23)5-13(14,15)16/h3,6-7,10,22H,2,4-5H2,1H3,(H2,17,18,19)/t6-,7+,10-/m1/s1. The number of halogens is 3. The highest BCUT2D eigenvalue weighted by molar-refractivity contribution is 5.71. The molecule has 1 aliphatic heterocycles. The van der Waals surface area contributed by atoms with E-state index < -0.39 is 30.7 Å². The van der Waals surface area contributed by atoms with Crippen LogP contribution in [0.1, 0.15) is 19.6 Å². The number of nitrogens with zero attached hydrogens (tertiary/aromatic N) is 4. The van der Waals surface area contributed by atoms with E-state index in [1.165, 1.54) is 0 Å². The third kappa shape index (κ3) is 2.84. The zero-order chi connectivity index (χ0) is 17.6. The minimum atomic E-state index is -4.58. The minimum Gasteiger partial charge on any atom is -0.394 e. The molecular weight excluding hydrogens is 331 g/mol. The zero-order valence-electron chi connectivity index (χ0n) is 12.7. The Kier molecular flexibility index (Phi) is 4.00. The van der Waals surface area contributed by atoms with Crippen LogP contribution in [0.3, 0.4) is 0 Å². The maximum absolute atomic E-state index is 12.8. The first-order chi connectivity index (χ1) is 11.2. The summed E-state index contributed by atoms with van der Waals surface area (Å²) in [5, 5.41) is 9.22. The number of ether oxygens (including phenoxy) is 1. The van der Waals surface area contributed by atoms with Crippen LogP contribution in [0.15, 0.2) is 11.0 Å². The number of hydrogen-bond donors (Lipinski definition) is 2. The molecular formula is C13H16F3N5O3. The number of rotatable bonds is 3. The second-order valence-electron chi connectivity index (χ2n) is 5.84. The normalized spacial score (nSPS) is 24.8. The van der Waals surface area contributed by atoms with Crippen LogP contribution in [0.25, 0.3) is 11.2 Å². The first-order valence-corrected chi connectivity index (χ1v) is 7.27. The van der Waals surface area contributed by atoms with Gasteiger partial charge in [-0.1, -0.05) is 6.92 Å². The molecule has 24 heavy (non-hydrogen) atoms. The van der Waals surface area contributed by atoms with Crippen LogP contribution in [0.4, 0.5) is 19.1 Å². The summed E-state index contributed by atoms with van der Waals surface area (Å²) in [6.07, 6.45) is -4.34. The zero-order valence-corrected chi connectivity index (χ0v) is 12.7. The molecule has 3 atom stereocenters. The summed E-state index contributed by atoms with van der Waals surface area (Å²) < 4.78 is 45.6. The second-order valence-corrected chi connectivity index (χ2v) is 5.84. The van der Waals surface area contributed by atoms with Crippen LogP contribution in [0, 0.1) is 5.92 Å². The van der Waals surface area contributed by atoms with E-state index in [-0.39, 0.29) is 29.6 Å². The highest BCUT2D eigenvalue weighted by atomic mass is 19.4. The van der Waals surface area contributed by atoms with Crippen molar-refractivity contribution in [3.8, 4) is 0 Å². The van der Waals surface area contributed by atoms with Crippen LogP contribution < -0.4 is 11.4 Å². The summed E-state index contributed by atoms with van der Waals surface area (Å²) in [6.45, 7) is 0.0747. The largest absolute Gasteiger partial charge is 0.406 e. The summed E-state index contributed by atoms with van der Waals surface area (Å²) in [5.41, 5.74) is 4.52. The van der Waals surface area contributed by atoms with Gasteiger partial charge in [-0.15, -0.1) is 0 Å². The van der Waals surface area contributed by atoms with E-state index in [0.29, 0.717) is 11.0 Å². The molecule has 0 unspecified atom stereocenters. The molecule has 8 nitrogen and oxygen atoms in total. The van der Waals surface area contributed by atoms with Gasteiger partial charge in [-0.3, -0.25) is 4.57 Å². The van der Waals surface area contributed by atoms with Crippen molar-refractivity contribution in [3.05, 3.63) is 16.7 Å². The van der Waals surface area contributed by atoms with Gasteiger partial charge in [-0.2, -0.15) is 18.2 Å². The third-order valence-corrected chi connectivity index (χ3v) is 3.97. The average Bonchev–Trinajstić information content (AvgIpc) is 2.96. The van der Waals surface area contributed by atoms with Crippen molar-refractivity contribution >= 4 is 17.1 Å². The lowest BCUT2D eigenvalue weighted by Gasteiger charge is -2.16. The molecule has 0 aliphatic carbocycles. The quantitative estimate of drug-likeness (QED) is 0.844. The molecule has 1 aliphatic rings. The smallest absolute Gasteiger partial charge is 0.394 e. The van der Waals surface area contributed by atoms with Crippen LogP contribution in [-0.2, 0) is 11.3 Å². The predicted octanol–water partition coefficient (Wildman–Crippen LogP) is 0.653. The van der Waals surface area contributed by atoms with Crippen LogP contribution in [0.5, 0.6) is 0 Å². The maximum Gasteiger partial charge on any atom is 0.406 e. The van der Waals surface area contributed by atoms with Crippen LogP contribution >= 0.6 is 0 Å². The first kappa shape index (κ1) is 16.7. The Balaban J connectivity index is 2.19. The summed E-state index contributed by atoms with van der Waals surface area (Å²) in [7, 11) is 0. The molecule has 0 aromatic carbocycles. The molecule has 0 radical (unpaired) electrons. The van der Waals surface area contributed by atoms with E-state index in [0.717, 1.165) is 10.8 Å².